The van der Waals surface area contributed by atoms with Gasteiger partial charge in [0.15, 0.2) is 0 Å². The van der Waals surface area contributed by atoms with E-state index in [1.807, 2.05) is 17.4 Å². The largest absolute Gasteiger partial charge is 0.418 e. The van der Waals surface area contributed by atoms with Crippen LogP contribution in [-0.4, -0.2) is 65.3 Å². The van der Waals surface area contributed by atoms with Gasteiger partial charge >= 0.3 is 6.18 Å². The van der Waals surface area contributed by atoms with E-state index in [9.17, 15) is 33.4 Å². The second-order valence-corrected chi connectivity index (χ2v) is 8.28. The normalized spacial score (nSPS) is 18.9. The Balaban J connectivity index is 2.08. The Morgan fingerprint density at radius 3 is 2.59 bits per heavy atom. The third-order valence-corrected chi connectivity index (χ3v) is 5.99. The molecule has 1 heterocycles. The van der Waals surface area contributed by atoms with Gasteiger partial charge in [0.05, 0.1) is 18.3 Å². The number of amides is 1. The van der Waals surface area contributed by atoms with E-state index in [1.54, 1.807) is 6.07 Å². The van der Waals surface area contributed by atoms with Gasteiger partial charge in [-0.15, -0.1) is 0 Å². The number of hydrogen-bond acceptors (Lipinski definition) is 6. The van der Waals surface area contributed by atoms with Gasteiger partial charge in [0.2, 0.25) is 0 Å². The number of alkyl halides is 3. The summed E-state index contributed by atoms with van der Waals surface area (Å²) in [4.78, 5) is 14.6. The first-order valence-corrected chi connectivity index (χ1v) is 10.8. The molecule has 0 aromatic heterocycles. The first-order chi connectivity index (χ1) is 16.1. The summed E-state index contributed by atoms with van der Waals surface area (Å²) in [7, 11) is 0. The molecule has 0 bridgehead atoms. The van der Waals surface area contributed by atoms with Crippen molar-refractivity contribution in [1.29, 1.82) is 5.26 Å². The number of carbonyl (C=O) groups excluding carboxylic acids is 1. The number of anilines is 1. The van der Waals surface area contributed by atoms with Gasteiger partial charge in [0.1, 0.15) is 17.7 Å². The smallest absolute Gasteiger partial charge is 0.394 e. The molecule has 0 radical (unpaired) electrons. The van der Waals surface area contributed by atoms with Crippen LogP contribution in [0.3, 0.4) is 0 Å². The SMILES string of the molecule is CC1CCCN1c1cccc2ccc(/C(=C(\C#N)C(=O)NCC(O)C(O)CO)C(F)(F)F)cc12. The predicted molar refractivity (Wildman–Crippen MR) is 121 cm³/mol. The highest BCUT2D eigenvalue weighted by Gasteiger charge is 2.40. The van der Waals surface area contributed by atoms with Crippen molar-refractivity contribution in [2.24, 2.45) is 0 Å². The Labute approximate surface area is 194 Å². The Kier molecular flexibility index (Phi) is 7.82. The lowest BCUT2D eigenvalue weighted by molar-refractivity contribution is -0.118. The van der Waals surface area contributed by atoms with Gasteiger partial charge < -0.3 is 25.5 Å². The van der Waals surface area contributed by atoms with Crippen molar-refractivity contribution in [3.8, 4) is 6.07 Å². The number of fused-ring (bicyclic) bond motifs is 1. The number of benzene rings is 2. The molecule has 1 aliphatic rings. The molecule has 34 heavy (non-hydrogen) atoms. The number of nitrogens with zero attached hydrogens (tertiary/aromatic N) is 2. The number of rotatable bonds is 7. The molecule has 7 nitrogen and oxygen atoms in total. The highest BCUT2D eigenvalue weighted by atomic mass is 19.4. The molecule has 1 saturated heterocycles. The number of aliphatic hydroxyl groups excluding tert-OH is 3. The molecule has 0 saturated carbocycles. The fraction of sp³-hybridized carbons (Fsp3) is 0.417. The van der Waals surface area contributed by atoms with Crippen LogP contribution in [-0.2, 0) is 4.79 Å². The molecule has 182 valence electrons. The van der Waals surface area contributed by atoms with Crippen LogP contribution in [0.5, 0.6) is 0 Å². The lowest BCUT2D eigenvalue weighted by Gasteiger charge is -2.26. The summed E-state index contributed by atoms with van der Waals surface area (Å²) in [6.45, 7) is 1.38. The van der Waals surface area contributed by atoms with Crippen LogP contribution in [0.2, 0.25) is 0 Å². The van der Waals surface area contributed by atoms with E-state index in [0.717, 1.165) is 30.5 Å². The quantitative estimate of drug-likeness (QED) is 0.360. The van der Waals surface area contributed by atoms with Gasteiger partial charge in [-0.05, 0) is 42.8 Å². The lowest BCUT2D eigenvalue weighted by Crippen LogP contribution is -2.41. The molecular formula is C24H26F3N3O4. The summed E-state index contributed by atoms with van der Waals surface area (Å²) in [5.41, 5.74) is -2.10. The number of nitrogens with one attached hydrogen (secondary N) is 1. The molecule has 0 aliphatic carbocycles. The first-order valence-electron chi connectivity index (χ1n) is 10.8. The monoisotopic (exact) mass is 477 g/mol. The van der Waals surface area contributed by atoms with Crippen LogP contribution in [0, 0.1) is 11.3 Å². The molecule has 1 amide bonds. The third kappa shape index (κ3) is 5.33. The Morgan fingerprint density at radius 1 is 1.26 bits per heavy atom. The second-order valence-electron chi connectivity index (χ2n) is 8.28. The zero-order valence-corrected chi connectivity index (χ0v) is 18.5. The molecule has 4 N–H and O–H groups in total. The molecule has 1 fully saturated rings. The molecule has 2 aromatic carbocycles. The van der Waals surface area contributed by atoms with Gasteiger partial charge in [-0.25, -0.2) is 0 Å². The summed E-state index contributed by atoms with van der Waals surface area (Å²) < 4.78 is 42.4. The van der Waals surface area contributed by atoms with E-state index in [-0.39, 0.29) is 11.6 Å². The fourth-order valence-electron chi connectivity index (χ4n) is 4.17. The minimum atomic E-state index is -5.02. The fourth-order valence-corrected chi connectivity index (χ4v) is 4.17. The van der Waals surface area contributed by atoms with Crippen LogP contribution in [0.25, 0.3) is 16.3 Å². The third-order valence-electron chi connectivity index (χ3n) is 5.99. The van der Waals surface area contributed by atoms with Crippen molar-refractivity contribution in [3.05, 3.63) is 47.5 Å². The summed E-state index contributed by atoms with van der Waals surface area (Å²) >= 11 is 0. The van der Waals surface area contributed by atoms with Crippen molar-refractivity contribution in [2.45, 2.75) is 44.2 Å². The summed E-state index contributed by atoms with van der Waals surface area (Å²) in [5.74, 6) is -1.35. The van der Waals surface area contributed by atoms with Crippen LogP contribution in [0.15, 0.2) is 42.0 Å². The minimum Gasteiger partial charge on any atom is -0.394 e. The number of carbonyl (C=O) groups is 1. The van der Waals surface area contributed by atoms with Gasteiger partial charge in [-0.3, -0.25) is 4.79 Å². The summed E-state index contributed by atoms with van der Waals surface area (Å²) in [6, 6.07) is 11.1. The Hall–Kier alpha value is -3.13. The average Bonchev–Trinajstić information content (AvgIpc) is 3.24. The maximum atomic E-state index is 14.1. The summed E-state index contributed by atoms with van der Waals surface area (Å²) in [5, 5.41) is 40.7. The standard InChI is InChI=1S/C24H26F3N3O4/c1-14-4-3-9-30(14)19-6-2-5-15-7-8-16(10-17(15)19)22(24(25,26)27)18(11-28)23(34)29-12-20(32)21(33)13-31/h2,5-8,10,14,20-21,31-33H,3-4,9,12-13H2,1H3,(H,29,34)/b22-18-. The molecule has 3 rings (SSSR count). The predicted octanol–water partition coefficient (Wildman–Crippen LogP) is 2.50. The van der Waals surface area contributed by atoms with E-state index < -0.39 is 48.6 Å². The molecule has 10 heteroatoms. The zero-order valence-electron chi connectivity index (χ0n) is 18.5. The Bertz CT molecular complexity index is 1130. The highest BCUT2D eigenvalue weighted by molar-refractivity contribution is 6.07. The van der Waals surface area contributed by atoms with Crippen LogP contribution < -0.4 is 10.2 Å². The topological polar surface area (TPSA) is 117 Å². The second kappa shape index (κ2) is 10.4. The molecule has 2 aromatic rings. The van der Waals surface area contributed by atoms with E-state index in [2.05, 4.69) is 11.8 Å². The van der Waals surface area contributed by atoms with Gasteiger partial charge in [-0.2, -0.15) is 18.4 Å². The Morgan fingerprint density at radius 2 is 2.00 bits per heavy atom. The van der Waals surface area contributed by atoms with Gasteiger partial charge in [-0.1, -0.05) is 24.3 Å². The van der Waals surface area contributed by atoms with Crippen LogP contribution >= 0.6 is 0 Å². The van der Waals surface area contributed by atoms with Crippen molar-refractivity contribution in [3.63, 3.8) is 0 Å². The minimum absolute atomic E-state index is 0.230. The van der Waals surface area contributed by atoms with E-state index >= 15 is 0 Å². The van der Waals surface area contributed by atoms with Crippen molar-refractivity contribution in [2.75, 3.05) is 24.6 Å². The number of hydrogen-bond donors (Lipinski definition) is 4. The highest BCUT2D eigenvalue weighted by Crippen LogP contribution is 2.40. The van der Waals surface area contributed by atoms with E-state index in [4.69, 9.17) is 5.11 Å². The van der Waals surface area contributed by atoms with Crippen molar-refractivity contribution < 1.29 is 33.3 Å². The number of aliphatic hydroxyl groups is 3. The van der Waals surface area contributed by atoms with Crippen molar-refractivity contribution >= 4 is 27.9 Å². The molecule has 0 spiro atoms. The van der Waals surface area contributed by atoms with E-state index in [0.29, 0.717) is 5.39 Å². The molecule has 3 unspecified atom stereocenters. The van der Waals surface area contributed by atoms with Crippen LogP contribution in [0.4, 0.5) is 18.9 Å². The van der Waals surface area contributed by atoms with E-state index in [1.165, 1.54) is 24.3 Å². The first kappa shape index (κ1) is 25.5. The molecule has 1 aliphatic heterocycles. The lowest BCUT2D eigenvalue weighted by atomic mass is 9.95. The van der Waals surface area contributed by atoms with Crippen molar-refractivity contribution in [1.82, 2.24) is 5.32 Å². The summed E-state index contributed by atoms with van der Waals surface area (Å²) in [6.07, 6.45) is -6.28. The molecular weight excluding hydrogens is 451 g/mol. The maximum absolute atomic E-state index is 14.1. The van der Waals surface area contributed by atoms with Crippen LogP contribution in [0.1, 0.15) is 25.3 Å². The average molecular weight is 477 g/mol. The maximum Gasteiger partial charge on any atom is 0.418 e. The number of nitriles is 1. The van der Waals surface area contributed by atoms with Gasteiger partial charge in [0, 0.05) is 30.2 Å². The number of allylic oxidation sites excluding steroid dienone is 1. The molecule has 3 atom stereocenters. The van der Waals surface area contributed by atoms with Gasteiger partial charge in [0.25, 0.3) is 5.91 Å². The zero-order chi connectivity index (χ0) is 25.0. The number of halogens is 3.